The number of ether oxygens (including phenoxy) is 4. The molecule has 0 radical (unpaired) electrons. The number of unbranched alkanes of at least 4 members (excludes halogenated alkanes) is 5. The van der Waals surface area contributed by atoms with Gasteiger partial charge >= 0.3 is 23.9 Å². The molecule has 10 heteroatoms. The highest BCUT2D eigenvalue weighted by Crippen LogP contribution is 2.69. The second-order valence-corrected chi connectivity index (χ2v) is 23.8. The lowest BCUT2D eigenvalue weighted by molar-refractivity contribution is -0.159. The van der Waals surface area contributed by atoms with Crippen LogP contribution in [0.2, 0.25) is 0 Å². The molecule has 0 spiro atoms. The van der Waals surface area contributed by atoms with Crippen LogP contribution in [0.15, 0.2) is 47.6 Å². The summed E-state index contributed by atoms with van der Waals surface area (Å²) in [5.41, 5.74) is 2.57. The summed E-state index contributed by atoms with van der Waals surface area (Å²) in [7, 11) is 0. The molecule has 14 atom stereocenters. The van der Waals surface area contributed by atoms with E-state index in [-0.39, 0.29) is 69.3 Å². The second kappa shape index (κ2) is 20.9. The first-order valence-electron chi connectivity index (χ1n) is 26.9. The zero-order valence-electron chi connectivity index (χ0n) is 42.3. The van der Waals surface area contributed by atoms with Gasteiger partial charge < -0.3 is 18.9 Å². The molecule has 8 rings (SSSR count). The van der Waals surface area contributed by atoms with Crippen molar-refractivity contribution in [3.8, 4) is 0 Å². The third-order valence-corrected chi connectivity index (χ3v) is 20.1. The van der Waals surface area contributed by atoms with Gasteiger partial charge in [0.05, 0.1) is 13.2 Å². The summed E-state index contributed by atoms with van der Waals surface area (Å²) in [6.45, 7) is 13.3. The third kappa shape index (κ3) is 10.2. The molecule has 8 aliphatic rings. The zero-order chi connectivity index (χ0) is 48.4. The molecule has 6 fully saturated rings. The number of ketones is 2. The first kappa shape index (κ1) is 50.6. The molecule has 8 aliphatic carbocycles. The number of allylic oxidation sites excluding steroid dienone is 4. The number of rotatable bonds is 17. The van der Waals surface area contributed by atoms with Crippen LogP contribution in [0, 0.1) is 69.0 Å². The number of carbonyl (C=O) groups excluding carboxylic acids is 6. The van der Waals surface area contributed by atoms with Gasteiger partial charge in [-0.3, -0.25) is 19.2 Å². The smallest absolute Gasteiger partial charge is 0.330 e. The van der Waals surface area contributed by atoms with Crippen molar-refractivity contribution in [2.24, 2.45) is 69.0 Å². The summed E-state index contributed by atoms with van der Waals surface area (Å²) in [5.74, 6) is 2.87. The Morgan fingerprint density at radius 2 is 0.941 bits per heavy atom. The summed E-state index contributed by atoms with van der Waals surface area (Å²) in [4.78, 5) is 74.9. The number of fused-ring (bicyclic) bond motifs is 10. The second-order valence-electron chi connectivity index (χ2n) is 23.8. The minimum atomic E-state index is -0.307. The average molecular weight is 939 g/mol. The SMILES string of the molecule is CC(=O)O[C@H]1CC[C@H]2[C@@H]3[C@H](C/C=C/C(=O)OCCCCCCCCOC(=O)/C=C/C[C@@H]4CC5=CC(=O)CC[C@]5(C)[C@H]5CC[C@]6(C)[C@@H](OC(C)=O)CC[C@H]6[C@H]45)CC4=CC(=O)CC[C@]4(C)[C@H]3CC[C@]12C. The molecule has 0 bridgehead atoms. The van der Waals surface area contributed by atoms with Crippen LogP contribution in [0.5, 0.6) is 0 Å². The Morgan fingerprint density at radius 3 is 1.34 bits per heavy atom. The quantitative estimate of drug-likeness (QED) is 0.0599. The van der Waals surface area contributed by atoms with Crippen LogP contribution in [-0.2, 0) is 47.7 Å². The number of esters is 4. The van der Waals surface area contributed by atoms with Crippen LogP contribution in [0.3, 0.4) is 0 Å². The standard InChI is InChI=1S/C58H82O10/c1-37(59)67-49-21-19-45-53-39(33-41-35-43(61)23-27-55(41,3)47(53)25-29-57(45,49)5)15-13-17-51(63)65-31-11-9-7-8-10-12-32-66-52(64)18-14-16-40-34-42-36-44(62)24-28-56(42,4)48-26-30-58(6)46(54(40)48)20-22-50(58)68-38(2)60/h13-14,17-18,35-36,39-40,45-50,53-54H,7-12,15-16,19-34H2,1-6H3/b17-13+,18-14+/t39-,40-,45+,46+,47+,48+,49+,50+,53+,54+,55+,56+,57+,58+/m1/s1. The first-order chi connectivity index (χ1) is 32.5. The average Bonchev–Trinajstić information content (AvgIpc) is 3.79. The van der Waals surface area contributed by atoms with E-state index in [1.165, 1.54) is 25.0 Å². The van der Waals surface area contributed by atoms with E-state index in [0.29, 0.717) is 73.4 Å². The maximum absolute atomic E-state index is 12.8. The third-order valence-electron chi connectivity index (χ3n) is 20.1. The number of hydrogen-bond donors (Lipinski definition) is 0. The van der Waals surface area contributed by atoms with Crippen molar-refractivity contribution in [1.82, 2.24) is 0 Å². The summed E-state index contributed by atoms with van der Waals surface area (Å²) >= 11 is 0. The molecule has 0 amide bonds. The van der Waals surface area contributed by atoms with Crippen molar-refractivity contribution in [1.29, 1.82) is 0 Å². The molecular formula is C58H82O10. The lowest BCUT2D eigenvalue weighted by atomic mass is 9.44. The topological polar surface area (TPSA) is 139 Å². The van der Waals surface area contributed by atoms with E-state index in [4.69, 9.17) is 18.9 Å². The molecule has 374 valence electrons. The Morgan fingerprint density at radius 1 is 0.544 bits per heavy atom. The van der Waals surface area contributed by atoms with Gasteiger partial charge in [-0.2, -0.15) is 0 Å². The normalized spacial score (nSPS) is 39.4. The van der Waals surface area contributed by atoms with Crippen molar-refractivity contribution < 1.29 is 47.7 Å². The number of hydrogen-bond acceptors (Lipinski definition) is 10. The van der Waals surface area contributed by atoms with E-state index in [1.54, 1.807) is 12.2 Å². The van der Waals surface area contributed by atoms with Crippen LogP contribution < -0.4 is 0 Å². The molecule has 68 heavy (non-hydrogen) atoms. The van der Waals surface area contributed by atoms with Crippen LogP contribution in [0.25, 0.3) is 0 Å². The molecule has 10 nitrogen and oxygen atoms in total. The highest BCUT2D eigenvalue weighted by atomic mass is 16.6. The van der Waals surface area contributed by atoms with E-state index >= 15 is 0 Å². The van der Waals surface area contributed by atoms with Gasteiger partial charge in [0.15, 0.2) is 11.6 Å². The molecular weight excluding hydrogens is 857 g/mol. The van der Waals surface area contributed by atoms with Gasteiger partial charge in [0, 0.05) is 49.7 Å². The lowest BCUT2D eigenvalue weighted by Crippen LogP contribution is -2.54. The molecule has 6 saturated carbocycles. The van der Waals surface area contributed by atoms with Crippen LogP contribution in [0.4, 0.5) is 0 Å². The summed E-state index contributed by atoms with van der Waals surface area (Å²) in [6, 6.07) is 0. The maximum Gasteiger partial charge on any atom is 0.330 e. The number of carbonyl (C=O) groups is 6. The van der Waals surface area contributed by atoms with E-state index in [0.717, 1.165) is 128 Å². The maximum atomic E-state index is 12.8. The predicted octanol–water partition coefficient (Wildman–Crippen LogP) is 11.7. The van der Waals surface area contributed by atoms with Gasteiger partial charge in [0.1, 0.15) is 12.2 Å². The summed E-state index contributed by atoms with van der Waals surface area (Å²) < 4.78 is 23.0. The van der Waals surface area contributed by atoms with Crippen molar-refractivity contribution in [3.05, 3.63) is 47.6 Å². The Labute approximate surface area is 406 Å². The Kier molecular flexibility index (Phi) is 15.5. The van der Waals surface area contributed by atoms with Gasteiger partial charge in [-0.1, -0.05) is 76.7 Å². The summed E-state index contributed by atoms with van der Waals surface area (Å²) in [6.07, 6.45) is 31.0. The fraction of sp³-hybridized carbons (Fsp3) is 0.759. The van der Waals surface area contributed by atoms with Crippen LogP contribution >= 0.6 is 0 Å². The molecule has 0 unspecified atom stereocenters. The molecule has 0 saturated heterocycles. The predicted molar refractivity (Wildman–Crippen MR) is 259 cm³/mol. The Balaban J connectivity index is 0.731. The van der Waals surface area contributed by atoms with Crippen molar-refractivity contribution in [2.45, 2.75) is 195 Å². The highest BCUT2D eigenvalue weighted by Gasteiger charge is 2.63. The lowest BCUT2D eigenvalue weighted by Gasteiger charge is -2.60. The monoisotopic (exact) mass is 939 g/mol. The molecule has 0 heterocycles. The largest absolute Gasteiger partial charge is 0.463 e. The fourth-order valence-electron chi connectivity index (χ4n) is 16.6. The molecule has 0 aromatic rings. The van der Waals surface area contributed by atoms with Crippen molar-refractivity contribution >= 4 is 35.4 Å². The van der Waals surface area contributed by atoms with Gasteiger partial charge in [0.25, 0.3) is 0 Å². The zero-order valence-corrected chi connectivity index (χ0v) is 42.3. The van der Waals surface area contributed by atoms with Gasteiger partial charge in [0.2, 0.25) is 0 Å². The highest BCUT2D eigenvalue weighted by molar-refractivity contribution is 5.92. The minimum Gasteiger partial charge on any atom is -0.463 e. The molecule has 0 aliphatic heterocycles. The van der Waals surface area contributed by atoms with E-state index in [1.807, 2.05) is 24.3 Å². The first-order valence-corrected chi connectivity index (χ1v) is 26.9. The van der Waals surface area contributed by atoms with E-state index in [2.05, 4.69) is 27.7 Å². The molecule has 0 aromatic carbocycles. The Hall–Kier alpha value is -3.82. The summed E-state index contributed by atoms with van der Waals surface area (Å²) in [5, 5.41) is 0. The van der Waals surface area contributed by atoms with E-state index < -0.39 is 0 Å². The molecule has 0 aromatic heterocycles. The van der Waals surface area contributed by atoms with Gasteiger partial charge in [-0.15, -0.1) is 0 Å². The van der Waals surface area contributed by atoms with Crippen LogP contribution in [-0.4, -0.2) is 60.9 Å². The Bertz CT molecular complexity index is 1920. The van der Waals surface area contributed by atoms with Gasteiger partial charge in [-0.05, 0) is 173 Å². The minimum absolute atomic E-state index is 0.0287. The van der Waals surface area contributed by atoms with Crippen molar-refractivity contribution in [3.63, 3.8) is 0 Å². The van der Waals surface area contributed by atoms with E-state index in [9.17, 15) is 28.8 Å². The van der Waals surface area contributed by atoms with Crippen molar-refractivity contribution in [2.75, 3.05) is 13.2 Å². The van der Waals surface area contributed by atoms with Crippen LogP contribution in [0.1, 0.15) is 183 Å². The van der Waals surface area contributed by atoms with Gasteiger partial charge in [-0.25, -0.2) is 9.59 Å². The fourth-order valence-corrected chi connectivity index (χ4v) is 16.6. The molecule has 0 N–H and O–H groups in total.